The molecule has 6 nitrogen and oxygen atoms in total. The van der Waals surface area contributed by atoms with Crippen LogP contribution in [0.15, 0.2) is 0 Å². The van der Waals surface area contributed by atoms with Gasteiger partial charge in [-0.2, -0.15) is 0 Å². The highest BCUT2D eigenvalue weighted by molar-refractivity contribution is 5.67. The van der Waals surface area contributed by atoms with Crippen molar-refractivity contribution in [3.8, 4) is 0 Å². The van der Waals surface area contributed by atoms with Crippen LogP contribution >= 0.6 is 0 Å². The fourth-order valence-electron chi connectivity index (χ4n) is 2.23. The molecule has 0 saturated carbocycles. The summed E-state index contributed by atoms with van der Waals surface area (Å²) >= 11 is 0. The smallest absolute Gasteiger partial charge is 0.409 e. The number of carbonyl (C=O) groups excluding carboxylic acids is 1. The van der Waals surface area contributed by atoms with Gasteiger partial charge in [0.05, 0.1) is 19.7 Å². The molecular weight excluding hydrogens is 244 g/mol. The number of piperazine rings is 1. The first-order valence-electron chi connectivity index (χ1n) is 6.03. The van der Waals surface area contributed by atoms with E-state index in [-0.39, 0.29) is 18.5 Å². The molecule has 2 rings (SSSR count). The van der Waals surface area contributed by atoms with E-state index in [1.54, 1.807) is 4.90 Å². The minimum atomic E-state index is -0.175. The Morgan fingerprint density at radius 3 is 2.65 bits per heavy atom. The van der Waals surface area contributed by atoms with E-state index < -0.39 is 0 Å². The van der Waals surface area contributed by atoms with Gasteiger partial charge in [0.1, 0.15) is 0 Å². The lowest BCUT2D eigenvalue weighted by atomic mass is 10.3. The molecule has 2 saturated heterocycles. The number of nitrogens with two attached hydrogens (primary N) is 1. The molecule has 0 bridgehead atoms. The quantitative estimate of drug-likeness (QED) is 0.526. The zero-order chi connectivity index (χ0) is 11.4. The number of carbonyl (C=O) groups is 1. The summed E-state index contributed by atoms with van der Waals surface area (Å²) in [7, 11) is 0. The Labute approximate surface area is 108 Å². The minimum Gasteiger partial charge on any atom is -1.00 e. The van der Waals surface area contributed by atoms with Crippen molar-refractivity contribution in [3.63, 3.8) is 0 Å². The van der Waals surface area contributed by atoms with Gasteiger partial charge in [-0.3, -0.25) is 0 Å². The third-order valence-electron chi connectivity index (χ3n) is 3.12. The molecule has 2 aliphatic rings. The van der Waals surface area contributed by atoms with Crippen molar-refractivity contribution in [1.82, 2.24) is 15.1 Å². The first-order chi connectivity index (χ1) is 7.81. The van der Waals surface area contributed by atoms with Gasteiger partial charge in [0.25, 0.3) is 0 Å². The number of rotatable bonds is 2. The standard InChI is InChI=1S/C10H20N4O2.ClH/c1-2-16-10(15)14-7-5-13(6-8-14)9-11-3-4-12-9;/h9,11-12H,2-8H2,1H3;1H. The van der Waals surface area contributed by atoms with Gasteiger partial charge in [0.15, 0.2) is 6.29 Å². The molecule has 0 spiro atoms. The van der Waals surface area contributed by atoms with Gasteiger partial charge in [-0.05, 0) is 6.92 Å². The van der Waals surface area contributed by atoms with Gasteiger partial charge in [-0.25, -0.2) is 15.0 Å². The van der Waals surface area contributed by atoms with Crippen LogP contribution in [-0.4, -0.2) is 68.1 Å². The van der Waals surface area contributed by atoms with E-state index in [1.807, 2.05) is 6.92 Å². The second-order valence-electron chi connectivity index (χ2n) is 4.15. The SMILES string of the molecule is CCOC(=O)N1CCN(C2NCC[NH2+]2)CC1.[Cl-]. The first-order valence-corrected chi connectivity index (χ1v) is 6.03. The number of hydrogen-bond donors (Lipinski definition) is 2. The molecule has 0 aromatic rings. The number of hydrogen-bond acceptors (Lipinski definition) is 4. The van der Waals surface area contributed by atoms with Gasteiger partial charge in [-0.1, -0.05) is 0 Å². The highest BCUT2D eigenvalue weighted by Gasteiger charge is 2.30. The Bertz CT molecular complexity index is 240. The topological polar surface area (TPSA) is 61.4 Å². The van der Waals surface area contributed by atoms with Crippen molar-refractivity contribution in [2.45, 2.75) is 13.2 Å². The molecule has 0 radical (unpaired) electrons. The summed E-state index contributed by atoms with van der Waals surface area (Å²) in [6.07, 6.45) is 0.231. The van der Waals surface area contributed by atoms with Crippen molar-refractivity contribution in [1.29, 1.82) is 0 Å². The number of nitrogens with zero attached hydrogens (tertiary/aromatic N) is 2. The van der Waals surface area contributed by atoms with E-state index in [4.69, 9.17) is 4.74 Å². The van der Waals surface area contributed by atoms with E-state index in [0.29, 0.717) is 12.9 Å². The monoisotopic (exact) mass is 264 g/mol. The number of amides is 1. The summed E-state index contributed by atoms with van der Waals surface area (Å²) in [5, 5.41) is 5.74. The van der Waals surface area contributed by atoms with Crippen LogP contribution in [0.1, 0.15) is 6.92 Å². The molecule has 1 atom stereocenters. The van der Waals surface area contributed by atoms with E-state index in [0.717, 1.165) is 39.3 Å². The summed E-state index contributed by atoms with van der Waals surface area (Å²) in [6, 6.07) is 0. The summed E-state index contributed by atoms with van der Waals surface area (Å²) in [5.41, 5.74) is 0. The molecule has 2 heterocycles. The third kappa shape index (κ3) is 3.70. The number of halogens is 1. The Morgan fingerprint density at radius 2 is 2.12 bits per heavy atom. The lowest BCUT2D eigenvalue weighted by Crippen LogP contribution is -3.00. The molecule has 1 unspecified atom stereocenters. The van der Waals surface area contributed by atoms with Crippen molar-refractivity contribution < 1.29 is 27.3 Å². The maximum Gasteiger partial charge on any atom is 0.409 e. The zero-order valence-corrected chi connectivity index (χ0v) is 10.9. The number of nitrogens with one attached hydrogen (secondary N) is 1. The Hall–Kier alpha value is -0.560. The Morgan fingerprint density at radius 1 is 1.41 bits per heavy atom. The van der Waals surface area contributed by atoms with Crippen LogP contribution in [0, 0.1) is 0 Å². The summed E-state index contributed by atoms with van der Waals surface area (Å²) < 4.78 is 4.99. The molecule has 2 aliphatic heterocycles. The van der Waals surface area contributed by atoms with Crippen molar-refractivity contribution in [3.05, 3.63) is 0 Å². The van der Waals surface area contributed by atoms with Gasteiger partial charge in [0.2, 0.25) is 0 Å². The highest BCUT2D eigenvalue weighted by atomic mass is 35.5. The molecule has 100 valence electrons. The highest BCUT2D eigenvalue weighted by Crippen LogP contribution is 2.04. The average Bonchev–Trinajstić information content (AvgIpc) is 2.83. The zero-order valence-electron chi connectivity index (χ0n) is 10.2. The van der Waals surface area contributed by atoms with E-state index in [1.165, 1.54) is 0 Å². The third-order valence-corrected chi connectivity index (χ3v) is 3.12. The first kappa shape index (κ1) is 14.5. The Balaban J connectivity index is 0.00000144. The normalized spacial score (nSPS) is 25.5. The second kappa shape index (κ2) is 7.00. The lowest BCUT2D eigenvalue weighted by molar-refractivity contribution is -0.692. The van der Waals surface area contributed by atoms with Crippen LogP contribution in [0.3, 0.4) is 0 Å². The van der Waals surface area contributed by atoms with Gasteiger partial charge >= 0.3 is 6.09 Å². The van der Waals surface area contributed by atoms with E-state index in [9.17, 15) is 4.79 Å². The fourth-order valence-corrected chi connectivity index (χ4v) is 2.23. The van der Waals surface area contributed by atoms with Crippen LogP contribution in [0.25, 0.3) is 0 Å². The van der Waals surface area contributed by atoms with Crippen LogP contribution in [-0.2, 0) is 4.74 Å². The molecule has 0 aromatic carbocycles. The predicted octanol–water partition coefficient (Wildman–Crippen LogP) is -4.79. The second-order valence-corrected chi connectivity index (χ2v) is 4.15. The maximum atomic E-state index is 11.5. The minimum absolute atomic E-state index is 0. The van der Waals surface area contributed by atoms with Crippen LogP contribution in [0.4, 0.5) is 4.79 Å². The van der Waals surface area contributed by atoms with E-state index in [2.05, 4.69) is 15.5 Å². The Kier molecular flexibility index (Phi) is 5.97. The summed E-state index contributed by atoms with van der Waals surface area (Å²) in [5.74, 6) is 0. The average molecular weight is 265 g/mol. The predicted molar refractivity (Wildman–Crippen MR) is 58.8 cm³/mol. The molecule has 3 N–H and O–H groups in total. The maximum absolute atomic E-state index is 11.5. The summed E-state index contributed by atoms with van der Waals surface area (Å²) in [6.45, 7) is 7.89. The molecular formula is C10H21ClN4O2. The van der Waals surface area contributed by atoms with Crippen LogP contribution in [0.5, 0.6) is 0 Å². The van der Waals surface area contributed by atoms with Gasteiger partial charge in [-0.15, -0.1) is 0 Å². The van der Waals surface area contributed by atoms with E-state index >= 15 is 0 Å². The van der Waals surface area contributed by atoms with Gasteiger partial charge < -0.3 is 27.4 Å². The van der Waals surface area contributed by atoms with Crippen molar-refractivity contribution in [2.24, 2.45) is 0 Å². The summed E-state index contributed by atoms with van der Waals surface area (Å²) in [4.78, 5) is 15.7. The molecule has 7 heteroatoms. The largest absolute Gasteiger partial charge is 1.00 e. The number of ether oxygens (including phenoxy) is 1. The van der Waals surface area contributed by atoms with Crippen molar-refractivity contribution in [2.75, 3.05) is 45.9 Å². The molecule has 0 aliphatic carbocycles. The van der Waals surface area contributed by atoms with Crippen LogP contribution < -0.4 is 23.0 Å². The molecule has 0 aromatic heterocycles. The molecule has 2 fully saturated rings. The lowest BCUT2D eigenvalue weighted by Gasteiger charge is -2.35. The van der Waals surface area contributed by atoms with Crippen molar-refractivity contribution >= 4 is 6.09 Å². The number of quaternary nitrogens is 1. The van der Waals surface area contributed by atoms with Gasteiger partial charge in [0, 0.05) is 26.2 Å². The fraction of sp³-hybridized carbons (Fsp3) is 0.900. The molecule has 17 heavy (non-hydrogen) atoms. The molecule has 1 amide bonds. The van der Waals surface area contributed by atoms with Crippen LogP contribution in [0.2, 0.25) is 0 Å².